The van der Waals surface area contributed by atoms with Crippen LogP contribution in [-0.4, -0.2) is 48.0 Å². The smallest absolute Gasteiger partial charge is 0.239 e. The minimum atomic E-state index is -0.367. The molecule has 1 aromatic heterocycles. The van der Waals surface area contributed by atoms with Crippen molar-refractivity contribution in [3.8, 4) is 0 Å². The van der Waals surface area contributed by atoms with E-state index in [2.05, 4.69) is 22.2 Å². The van der Waals surface area contributed by atoms with Crippen LogP contribution in [0, 0.1) is 12.8 Å². The SMILES string of the molecule is CCC(C)C(N)C(=O)N1CCN(c2nc(C)cs2)CC1. The van der Waals surface area contributed by atoms with Crippen molar-refractivity contribution in [2.75, 3.05) is 31.1 Å². The Bertz CT molecular complexity index is 454. The molecule has 1 aliphatic heterocycles. The van der Waals surface area contributed by atoms with E-state index < -0.39 is 0 Å². The van der Waals surface area contributed by atoms with Gasteiger partial charge in [0, 0.05) is 31.6 Å². The molecule has 1 saturated heterocycles. The molecule has 1 aromatic rings. The highest BCUT2D eigenvalue weighted by atomic mass is 32.1. The van der Waals surface area contributed by atoms with Gasteiger partial charge >= 0.3 is 0 Å². The van der Waals surface area contributed by atoms with E-state index in [0.717, 1.165) is 43.4 Å². The molecule has 6 heteroatoms. The number of amides is 1. The van der Waals surface area contributed by atoms with Crippen molar-refractivity contribution in [2.45, 2.75) is 33.2 Å². The van der Waals surface area contributed by atoms with Gasteiger partial charge in [0.15, 0.2) is 5.13 Å². The number of nitrogens with zero attached hydrogens (tertiary/aromatic N) is 3. The molecule has 0 radical (unpaired) electrons. The largest absolute Gasteiger partial charge is 0.345 e. The molecular weight excluding hydrogens is 272 g/mol. The van der Waals surface area contributed by atoms with E-state index in [-0.39, 0.29) is 17.9 Å². The lowest BCUT2D eigenvalue weighted by molar-refractivity contribution is -0.134. The molecule has 2 N–H and O–H groups in total. The topological polar surface area (TPSA) is 62.5 Å². The lowest BCUT2D eigenvalue weighted by atomic mass is 9.98. The second kappa shape index (κ2) is 6.54. The Hall–Kier alpha value is -1.14. The number of aryl methyl sites for hydroxylation is 1. The summed E-state index contributed by atoms with van der Waals surface area (Å²) in [5, 5.41) is 3.12. The van der Waals surface area contributed by atoms with Crippen LogP contribution in [0.15, 0.2) is 5.38 Å². The monoisotopic (exact) mass is 296 g/mol. The first-order valence-electron chi connectivity index (χ1n) is 7.24. The molecule has 0 aliphatic carbocycles. The Labute approximate surface area is 124 Å². The highest BCUT2D eigenvalue weighted by Gasteiger charge is 2.28. The summed E-state index contributed by atoms with van der Waals surface area (Å²) in [7, 11) is 0. The lowest BCUT2D eigenvalue weighted by Crippen LogP contribution is -2.54. The number of thiazole rings is 1. The quantitative estimate of drug-likeness (QED) is 0.914. The number of nitrogens with two attached hydrogens (primary N) is 1. The number of carbonyl (C=O) groups is 1. The Morgan fingerprint density at radius 1 is 1.45 bits per heavy atom. The van der Waals surface area contributed by atoms with E-state index in [0.29, 0.717) is 0 Å². The van der Waals surface area contributed by atoms with E-state index in [4.69, 9.17) is 5.73 Å². The molecule has 5 nitrogen and oxygen atoms in total. The molecule has 2 atom stereocenters. The van der Waals surface area contributed by atoms with Gasteiger partial charge in [-0.3, -0.25) is 4.79 Å². The van der Waals surface area contributed by atoms with Crippen molar-refractivity contribution in [3.05, 3.63) is 11.1 Å². The third kappa shape index (κ3) is 3.30. The second-order valence-electron chi connectivity index (χ2n) is 5.50. The van der Waals surface area contributed by atoms with E-state index in [1.54, 1.807) is 11.3 Å². The maximum Gasteiger partial charge on any atom is 0.239 e. The summed E-state index contributed by atoms with van der Waals surface area (Å²) in [4.78, 5) is 21.0. The number of anilines is 1. The van der Waals surface area contributed by atoms with Crippen LogP contribution in [0.1, 0.15) is 26.0 Å². The van der Waals surface area contributed by atoms with Crippen molar-refractivity contribution in [1.82, 2.24) is 9.88 Å². The Morgan fingerprint density at radius 2 is 2.10 bits per heavy atom. The molecule has 112 valence electrons. The summed E-state index contributed by atoms with van der Waals surface area (Å²) >= 11 is 1.67. The normalized spacial score (nSPS) is 19.0. The number of aromatic nitrogens is 1. The third-order valence-electron chi connectivity index (χ3n) is 4.01. The molecule has 0 saturated carbocycles. The van der Waals surface area contributed by atoms with Gasteiger partial charge in [0.1, 0.15) is 0 Å². The van der Waals surface area contributed by atoms with Gasteiger partial charge in [0.2, 0.25) is 5.91 Å². The van der Waals surface area contributed by atoms with Crippen LogP contribution in [0.25, 0.3) is 0 Å². The van der Waals surface area contributed by atoms with E-state index >= 15 is 0 Å². The second-order valence-corrected chi connectivity index (χ2v) is 6.33. The van der Waals surface area contributed by atoms with Crippen molar-refractivity contribution in [2.24, 2.45) is 11.7 Å². The molecule has 0 aromatic carbocycles. The highest BCUT2D eigenvalue weighted by molar-refractivity contribution is 7.13. The molecule has 0 spiro atoms. The molecular formula is C14H24N4OS. The fraction of sp³-hybridized carbons (Fsp3) is 0.714. The molecule has 2 unspecified atom stereocenters. The summed E-state index contributed by atoms with van der Waals surface area (Å²) in [5.41, 5.74) is 7.09. The number of carbonyl (C=O) groups excluding carboxylic acids is 1. The van der Waals surface area contributed by atoms with Crippen LogP contribution in [-0.2, 0) is 4.79 Å². The van der Waals surface area contributed by atoms with Crippen LogP contribution < -0.4 is 10.6 Å². The Balaban J connectivity index is 1.89. The molecule has 20 heavy (non-hydrogen) atoms. The average molecular weight is 296 g/mol. The van der Waals surface area contributed by atoms with Crippen LogP contribution >= 0.6 is 11.3 Å². The first kappa shape index (κ1) is 15.3. The number of piperazine rings is 1. The summed E-state index contributed by atoms with van der Waals surface area (Å²) in [5.74, 6) is 0.330. The first-order chi connectivity index (χ1) is 9.52. The van der Waals surface area contributed by atoms with Crippen molar-refractivity contribution < 1.29 is 4.79 Å². The van der Waals surface area contributed by atoms with Gasteiger partial charge in [-0.2, -0.15) is 0 Å². The van der Waals surface area contributed by atoms with Crippen LogP contribution in [0.2, 0.25) is 0 Å². The predicted octanol–water partition coefficient (Wildman–Crippen LogP) is 1.47. The molecule has 1 aliphatic rings. The molecule has 0 bridgehead atoms. The number of hydrogen-bond donors (Lipinski definition) is 1. The fourth-order valence-electron chi connectivity index (χ4n) is 2.31. The minimum absolute atomic E-state index is 0.0920. The minimum Gasteiger partial charge on any atom is -0.345 e. The van der Waals surface area contributed by atoms with Crippen LogP contribution in [0.5, 0.6) is 0 Å². The predicted molar refractivity (Wildman–Crippen MR) is 83.1 cm³/mol. The lowest BCUT2D eigenvalue weighted by Gasteiger charge is -2.36. The maximum absolute atomic E-state index is 12.3. The van der Waals surface area contributed by atoms with Gasteiger partial charge in [0.25, 0.3) is 0 Å². The summed E-state index contributed by atoms with van der Waals surface area (Å²) < 4.78 is 0. The molecule has 1 amide bonds. The summed E-state index contributed by atoms with van der Waals surface area (Å²) in [6.45, 7) is 9.27. The standard InChI is InChI=1S/C14H24N4OS/c1-4-10(2)12(15)13(19)17-5-7-18(8-6-17)14-16-11(3)9-20-14/h9-10,12H,4-8,15H2,1-3H3. The van der Waals surface area contributed by atoms with Gasteiger partial charge in [-0.25, -0.2) is 4.98 Å². The summed E-state index contributed by atoms with van der Waals surface area (Å²) in [6.07, 6.45) is 0.936. The number of rotatable bonds is 4. The van der Waals surface area contributed by atoms with Crippen LogP contribution in [0.4, 0.5) is 5.13 Å². The zero-order valence-corrected chi connectivity index (χ0v) is 13.3. The molecule has 1 fully saturated rings. The molecule has 2 heterocycles. The average Bonchev–Trinajstić information content (AvgIpc) is 2.91. The van der Waals surface area contributed by atoms with Gasteiger partial charge in [0.05, 0.1) is 11.7 Å². The van der Waals surface area contributed by atoms with E-state index in [9.17, 15) is 4.79 Å². The van der Waals surface area contributed by atoms with Crippen molar-refractivity contribution in [3.63, 3.8) is 0 Å². The van der Waals surface area contributed by atoms with Gasteiger partial charge < -0.3 is 15.5 Å². The third-order valence-corrected chi connectivity index (χ3v) is 5.03. The highest BCUT2D eigenvalue weighted by Crippen LogP contribution is 2.21. The van der Waals surface area contributed by atoms with E-state index in [1.807, 2.05) is 18.7 Å². The zero-order chi connectivity index (χ0) is 14.7. The van der Waals surface area contributed by atoms with Crippen molar-refractivity contribution >= 4 is 22.4 Å². The van der Waals surface area contributed by atoms with Crippen LogP contribution in [0.3, 0.4) is 0 Å². The van der Waals surface area contributed by atoms with Gasteiger partial charge in [-0.05, 0) is 12.8 Å². The fourth-order valence-corrected chi connectivity index (χ4v) is 3.17. The van der Waals surface area contributed by atoms with Gasteiger partial charge in [-0.15, -0.1) is 11.3 Å². The van der Waals surface area contributed by atoms with E-state index in [1.165, 1.54) is 0 Å². The van der Waals surface area contributed by atoms with Crippen molar-refractivity contribution in [1.29, 1.82) is 0 Å². The van der Waals surface area contributed by atoms with Gasteiger partial charge in [-0.1, -0.05) is 20.3 Å². The zero-order valence-electron chi connectivity index (χ0n) is 12.5. The number of hydrogen-bond acceptors (Lipinski definition) is 5. The molecule has 2 rings (SSSR count). The Morgan fingerprint density at radius 3 is 2.60 bits per heavy atom. The Kier molecular flexibility index (Phi) is 4.99. The summed E-state index contributed by atoms with van der Waals surface area (Å²) in [6, 6.07) is -0.367. The first-order valence-corrected chi connectivity index (χ1v) is 8.12. The maximum atomic E-state index is 12.3.